The Morgan fingerprint density at radius 3 is 2.21 bits per heavy atom. The maximum Gasteiger partial charge on any atom is 0.341 e. The number of phenols is 1. The highest BCUT2D eigenvalue weighted by Gasteiger charge is 2.19. The summed E-state index contributed by atoms with van der Waals surface area (Å²) in [6.45, 7) is 0. The summed E-state index contributed by atoms with van der Waals surface area (Å²) in [7, 11) is 1.22. The van der Waals surface area contributed by atoms with Crippen molar-refractivity contribution in [2.45, 2.75) is 0 Å². The molecule has 0 atom stereocenters. The van der Waals surface area contributed by atoms with Crippen LogP contribution in [0.3, 0.4) is 0 Å². The van der Waals surface area contributed by atoms with Crippen LogP contribution >= 0.6 is 0 Å². The van der Waals surface area contributed by atoms with Crippen molar-refractivity contribution >= 4 is 11.8 Å². The van der Waals surface area contributed by atoms with E-state index in [9.17, 15) is 14.7 Å². The van der Waals surface area contributed by atoms with Crippen LogP contribution in [-0.4, -0.2) is 24.0 Å². The first kappa shape index (κ1) is 12.8. The number of carbonyl (C=O) groups excluding carboxylic acids is 2. The van der Waals surface area contributed by atoms with Gasteiger partial charge in [0.1, 0.15) is 11.3 Å². The predicted molar refractivity (Wildman–Crippen MR) is 69.3 cm³/mol. The Bertz CT molecular complexity index is 617. The van der Waals surface area contributed by atoms with Crippen LogP contribution in [0.4, 0.5) is 0 Å². The van der Waals surface area contributed by atoms with Crippen molar-refractivity contribution in [1.82, 2.24) is 0 Å². The van der Waals surface area contributed by atoms with Crippen LogP contribution < -0.4 is 0 Å². The standard InChI is InChI=1S/C15H12O4/c1-19-15(18)12-9-5-8-11(14(12)17)13(16)10-6-3-2-4-7-10/h2-9,17H,1H3. The topological polar surface area (TPSA) is 63.6 Å². The molecule has 0 saturated carbocycles. The molecule has 0 aliphatic heterocycles. The number of carbonyl (C=O) groups is 2. The molecule has 2 rings (SSSR count). The normalized spacial score (nSPS) is 9.95. The lowest BCUT2D eigenvalue weighted by Gasteiger charge is -2.07. The Morgan fingerprint density at radius 1 is 0.947 bits per heavy atom. The number of ether oxygens (including phenoxy) is 1. The van der Waals surface area contributed by atoms with Crippen molar-refractivity contribution in [2.24, 2.45) is 0 Å². The molecule has 4 nitrogen and oxygen atoms in total. The summed E-state index contributed by atoms with van der Waals surface area (Å²) in [6, 6.07) is 13.0. The Labute approximate surface area is 110 Å². The van der Waals surface area contributed by atoms with E-state index in [4.69, 9.17) is 0 Å². The second-order valence-corrected chi connectivity index (χ2v) is 3.89. The van der Waals surface area contributed by atoms with Gasteiger partial charge in [-0.15, -0.1) is 0 Å². The highest BCUT2D eigenvalue weighted by Crippen LogP contribution is 2.25. The quantitative estimate of drug-likeness (QED) is 0.676. The van der Waals surface area contributed by atoms with E-state index in [1.807, 2.05) is 0 Å². The summed E-state index contributed by atoms with van der Waals surface area (Å²) < 4.78 is 4.55. The van der Waals surface area contributed by atoms with E-state index in [-0.39, 0.29) is 22.7 Å². The molecule has 0 saturated heterocycles. The van der Waals surface area contributed by atoms with Gasteiger partial charge in [-0.05, 0) is 12.1 Å². The molecule has 0 radical (unpaired) electrons. The fraction of sp³-hybridized carbons (Fsp3) is 0.0667. The minimum atomic E-state index is -0.680. The number of hydrogen-bond donors (Lipinski definition) is 1. The number of hydrogen-bond acceptors (Lipinski definition) is 4. The van der Waals surface area contributed by atoms with Gasteiger partial charge in [-0.1, -0.05) is 36.4 Å². The molecule has 0 unspecified atom stereocenters. The van der Waals surface area contributed by atoms with Gasteiger partial charge < -0.3 is 9.84 Å². The number of rotatable bonds is 3. The zero-order valence-corrected chi connectivity index (χ0v) is 10.3. The number of aromatic hydroxyl groups is 1. The van der Waals surface area contributed by atoms with E-state index in [1.165, 1.54) is 25.3 Å². The zero-order valence-electron chi connectivity index (χ0n) is 10.3. The SMILES string of the molecule is COC(=O)c1cccc(C(=O)c2ccccc2)c1O. The summed E-state index contributed by atoms with van der Waals surface area (Å²) in [5, 5.41) is 10.0. The molecule has 2 aromatic rings. The third kappa shape index (κ3) is 2.47. The van der Waals surface area contributed by atoms with Gasteiger partial charge in [0.05, 0.1) is 12.7 Å². The van der Waals surface area contributed by atoms with E-state index in [0.717, 1.165) is 0 Å². The van der Waals surface area contributed by atoms with Gasteiger partial charge in [0.2, 0.25) is 0 Å². The summed E-state index contributed by atoms with van der Waals surface area (Å²) in [5.74, 6) is -1.38. The Hall–Kier alpha value is -2.62. The van der Waals surface area contributed by atoms with Crippen LogP contribution in [0.5, 0.6) is 5.75 Å². The lowest BCUT2D eigenvalue weighted by Crippen LogP contribution is -2.07. The maximum atomic E-state index is 12.2. The molecule has 19 heavy (non-hydrogen) atoms. The third-order valence-corrected chi connectivity index (χ3v) is 2.72. The summed E-state index contributed by atoms with van der Waals surface area (Å²) in [4.78, 5) is 23.7. The average Bonchev–Trinajstić information content (AvgIpc) is 2.47. The second kappa shape index (κ2) is 5.35. The zero-order chi connectivity index (χ0) is 13.8. The summed E-state index contributed by atoms with van der Waals surface area (Å²) >= 11 is 0. The van der Waals surface area contributed by atoms with Gasteiger partial charge in [0.15, 0.2) is 5.78 Å². The van der Waals surface area contributed by atoms with Gasteiger partial charge >= 0.3 is 5.97 Å². The molecule has 4 heteroatoms. The minimum absolute atomic E-state index is 0.0238. The van der Waals surface area contributed by atoms with Crippen LogP contribution in [0.2, 0.25) is 0 Å². The lowest BCUT2D eigenvalue weighted by molar-refractivity contribution is 0.0597. The fourth-order valence-corrected chi connectivity index (χ4v) is 1.75. The van der Waals surface area contributed by atoms with Gasteiger partial charge in [-0.25, -0.2) is 4.79 Å². The van der Waals surface area contributed by atoms with Crippen LogP contribution in [0, 0.1) is 0 Å². The van der Waals surface area contributed by atoms with Crippen molar-refractivity contribution in [3.63, 3.8) is 0 Å². The Kier molecular flexibility index (Phi) is 3.61. The van der Waals surface area contributed by atoms with Gasteiger partial charge in [-0.3, -0.25) is 4.79 Å². The van der Waals surface area contributed by atoms with E-state index >= 15 is 0 Å². The number of methoxy groups -OCH3 is 1. The van der Waals surface area contributed by atoms with Crippen molar-refractivity contribution in [3.8, 4) is 5.75 Å². The molecule has 0 aliphatic carbocycles. The van der Waals surface area contributed by atoms with Crippen LogP contribution in [0.25, 0.3) is 0 Å². The molecule has 2 aromatic carbocycles. The molecule has 0 heterocycles. The minimum Gasteiger partial charge on any atom is -0.506 e. The van der Waals surface area contributed by atoms with Gasteiger partial charge in [0, 0.05) is 5.56 Å². The first-order valence-electron chi connectivity index (χ1n) is 5.65. The van der Waals surface area contributed by atoms with E-state index < -0.39 is 5.97 Å². The van der Waals surface area contributed by atoms with Crippen molar-refractivity contribution in [1.29, 1.82) is 0 Å². The predicted octanol–water partition coefficient (Wildman–Crippen LogP) is 2.41. The Morgan fingerprint density at radius 2 is 1.58 bits per heavy atom. The van der Waals surface area contributed by atoms with Crippen LogP contribution in [-0.2, 0) is 4.74 Å². The number of para-hydroxylation sites is 1. The number of ketones is 1. The molecule has 0 spiro atoms. The molecule has 0 aliphatic rings. The van der Waals surface area contributed by atoms with E-state index in [1.54, 1.807) is 30.3 Å². The van der Waals surface area contributed by atoms with E-state index in [0.29, 0.717) is 5.56 Å². The lowest BCUT2D eigenvalue weighted by atomic mass is 10.00. The summed E-state index contributed by atoms with van der Waals surface area (Å²) in [6.07, 6.45) is 0. The molecule has 0 fully saturated rings. The van der Waals surface area contributed by atoms with Crippen LogP contribution in [0.15, 0.2) is 48.5 Å². The van der Waals surface area contributed by atoms with Crippen molar-refractivity contribution in [2.75, 3.05) is 7.11 Å². The second-order valence-electron chi connectivity index (χ2n) is 3.89. The van der Waals surface area contributed by atoms with Gasteiger partial charge in [-0.2, -0.15) is 0 Å². The van der Waals surface area contributed by atoms with Gasteiger partial charge in [0.25, 0.3) is 0 Å². The highest BCUT2D eigenvalue weighted by atomic mass is 16.5. The molecular formula is C15H12O4. The monoisotopic (exact) mass is 256 g/mol. The number of esters is 1. The fourth-order valence-electron chi connectivity index (χ4n) is 1.75. The third-order valence-electron chi connectivity index (χ3n) is 2.72. The first-order valence-corrected chi connectivity index (χ1v) is 5.65. The van der Waals surface area contributed by atoms with Crippen LogP contribution in [0.1, 0.15) is 26.3 Å². The van der Waals surface area contributed by atoms with Crippen molar-refractivity contribution < 1.29 is 19.4 Å². The molecule has 0 amide bonds. The Balaban J connectivity index is 2.47. The molecule has 0 bridgehead atoms. The van der Waals surface area contributed by atoms with Crippen molar-refractivity contribution in [3.05, 3.63) is 65.2 Å². The highest BCUT2D eigenvalue weighted by molar-refractivity contribution is 6.12. The summed E-state index contributed by atoms with van der Waals surface area (Å²) in [5.41, 5.74) is 0.498. The largest absolute Gasteiger partial charge is 0.506 e. The molecular weight excluding hydrogens is 244 g/mol. The number of benzene rings is 2. The molecule has 96 valence electrons. The molecule has 1 N–H and O–H groups in total. The maximum absolute atomic E-state index is 12.2. The molecule has 0 aromatic heterocycles. The smallest absolute Gasteiger partial charge is 0.341 e. The number of phenolic OH excluding ortho intramolecular Hbond substituents is 1. The van der Waals surface area contributed by atoms with E-state index in [2.05, 4.69) is 4.74 Å². The first-order chi connectivity index (χ1) is 9.15. The average molecular weight is 256 g/mol.